The van der Waals surface area contributed by atoms with Crippen LogP contribution in [0.15, 0.2) is 72.8 Å². The number of para-hydroxylation sites is 1. The lowest BCUT2D eigenvalue weighted by molar-refractivity contribution is 0.298. The summed E-state index contributed by atoms with van der Waals surface area (Å²) in [5, 5.41) is 1.83. The zero-order valence-electron chi connectivity index (χ0n) is 13.7. The van der Waals surface area contributed by atoms with Crippen LogP contribution in [-0.4, -0.2) is 9.97 Å². The number of aromatic nitrogens is 2. The first-order chi connectivity index (χ1) is 12.7. The highest BCUT2D eigenvalue weighted by molar-refractivity contribution is 6.42. The predicted octanol–water partition coefficient (Wildman–Crippen LogP) is 6.18. The Bertz CT molecular complexity index is 1070. The van der Waals surface area contributed by atoms with Gasteiger partial charge in [0.15, 0.2) is 5.82 Å². The van der Waals surface area contributed by atoms with Gasteiger partial charge in [0.2, 0.25) is 5.88 Å². The van der Waals surface area contributed by atoms with E-state index in [0.29, 0.717) is 28.4 Å². The Labute approximate surface area is 161 Å². The zero-order valence-corrected chi connectivity index (χ0v) is 15.2. The highest BCUT2D eigenvalue weighted by atomic mass is 35.5. The quantitative estimate of drug-likeness (QED) is 0.423. The standard InChI is InChI=1S/C21H14Cl2N2O/c22-17-11-10-15(12-18(17)23)20-24-19-9-5-4-8-16(19)21(25-20)26-13-14-6-2-1-3-7-14/h1-12H,13H2. The van der Waals surface area contributed by atoms with Crippen LogP contribution < -0.4 is 4.74 Å². The van der Waals surface area contributed by atoms with E-state index in [2.05, 4.69) is 9.97 Å². The van der Waals surface area contributed by atoms with E-state index in [-0.39, 0.29) is 0 Å². The molecule has 3 aromatic carbocycles. The molecule has 0 atom stereocenters. The van der Waals surface area contributed by atoms with E-state index in [4.69, 9.17) is 27.9 Å². The maximum absolute atomic E-state index is 6.14. The molecule has 0 saturated heterocycles. The fourth-order valence-corrected chi connectivity index (χ4v) is 2.95. The molecule has 1 heterocycles. The van der Waals surface area contributed by atoms with Gasteiger partial charge in [-0.25, -0.2) is 4.98 Å². The van der Waals surface area contributed by atoms with Gasteiger partial charge in [-0.1, -0.05) is 65.7 Å². The van der Waals surface area contributed by atoms with Gasteiger partial charge in [0.05, 0.1) is 20.9 Å². The molecule has 0 fully saturated rings. The third-order valence-corrected chi connectivity index (χ3v) is 4.70. The maximum atomic E-state index is 6.14. The monoisotopic (exact) mass is 380 g/mol. The summed E-state index contributed by atoms with van der Waals surface area (Å²) in [4.78, 5) is 9.26. The van der Waals surface area contributed by atoms with Crippen molar-refractivity contribution in [1.82, 2.24) is 9.97 Å². The molecule has 0 bridgehead atoms. The molecular weight excluding hydrogens is 367 g/mol. The minimum atomic E-state index is 0.433. The molecule has 0 aliphatic heterocycles. The smallest absolute Gasteiger partial charge is 0.225 e. The van der Waals surface area contributed by atoms with Gasteiger partial charge in [0.1, 0.15) is 6.61 Å². The highest BCUT2D eigenvalue weighted by Gasteiger charge is 2.12. The van der Waals surface area contributed by atoms with Gasteiger partial charge in [0, 0.05) is 5.56 Å². The predicted molar refractivity (Wildman–Crippen MR) is 106 cm³/mol. The maximum Gasteiger partial charge on any atom is 0.225 e. The third kappa shape index (κ3) is 3.50. The number of hydrogen-bond acceptors (Lipinski definition) is 3. The summed E-state index contributed by atoms with van der Waals surface area (Å²) in [6.45, 7) is 0.433. The Morgan fingerprint density at radius 1 is 0.769 bits per heavy atom. The van der Waals surface area contributed by atoms with E-state index in [1.54, 1.807) is 12.1 Å². The summed E-state index contributed by atoms with van der Waals surface area (Å²) >= 11 is 12.2. The van der Waals surface area contributed by atoms with Gasteiger partial charge < -0.3 is 4.74 Å². The Kier molecular flexibility index (Phi) is 4.74. The van der Waals surface area contributed by atoms with Crippen molar-refractivity contribution in [1.29, 1.82) is 0 Å². The van der Waals surface area contributed by atoms with Gasteiger partial charge >= 0.3 is 0 Å². The van der Waals surface area contributed by atoms with E-state index in [0.717, 1.165) is 22.0 Å². The summed E-state index contributed by atoms with van der Waals surface area (Å²) in [7, 11) is 0. The topological polar surface area (TPSA) is 35.0 Å². The van der Waals surface area contributed by atoms with Crippen LogP contribution in [0.5, 0.6) is 5.88 Å². The lowest BCUT2D eigenvalue weighted by Crippen LogP contribution is -2.00. The molecule has 4 rings (SSSR count). The number of rotatable bonds is 4. The van der Waals surface area contributed by atoms with Gasteiger partial charge in [-0.3, -0.25) is 0 Å². The van der Waals surface area contributed by atoms with E-state index >= 15 is 0 Å². The van der Waals surface area contributed by atoms with Gasteiger partial charge in [-0.15, -0.1) is 0 Å². The summed E-state index contributed by atoms with van der Waals surface area (Å²) in [5.41, 5.74) is 2.67. The molecule has 1 aromatic heterocycles. The number of benzene rings is 3. The SMILES string of the molecule is Clc1ccc(-c2nc(OCc3ccccc3)c3ccccc3n2)cc1Cl. The van der Waals surface area contributed by atoms with Crippen LogP contribution in [0.3, 0.4) is 0 Å². The van der Waals surface area contributed by atoms with E-state index in [9.17, 15) is 0 Å². The van der Waals surface area contributed by atoms with Crippen molar-refractivity contribution >= 4 is 34.1 Å². The van der Waals surface area contributed by atoms with Crippen molar-refractivity contribution in [3.8, 4) is 17.3 Å². The van der Waals surface area contributed by atoms with Gasteiger partial charge in [0.25, 0.3) is 0 Å². The van der Waals surface area contributed by atoms with Gasteiger partial charge in [-0.05, 0) is 35.9 Å². The largest absolute Gasteiger partial charge is 0.472 e. The number of hydrogen-bond donors (Lipinski definition) is 0. The van der Waals surface area contributed by atoms with Crippen LogP contribution >= 0.6 is 23.2 Å². The van der Waals surface area contributed by atoms with Crippen molar-refractivity contribution in [3.63, 3.8) is 0 Å². The first-order valence-corrected chi connectivity index (χ1v) is 8.85. The van der Waals surface area contributed by atoms with Crippen LogP contribution in [0, 0.1) is 0 Å². The second-order valence-electron chi connectivity index (χ2n) is 5.77. The molecule has 5 heteroatoms. The van der Waals surface area contributed by atoms with Crippen LogP contribution in [0.1, 0.15) is 5.56 Å². The molecule has 0 saturated carbocycles. The molecule has 0 spiro atoms. The number of fused-ring (bicyclic) bond motifs is 1. The van der Waals surface area contributed by atoms with E-state index in [1.165, 1.54) is 0 Å². The Morgan fingerprint density at radius 3 is 2.35 bits per heavy atom. The molecular formula is C21H14Cl2N2O. The van der Waals surface area contributed by atoms with Crippen molar-refractivity contribution in [2.24, 2.45) is 0 Å². The molecule has 4 aromatic rings. The number of nitrogens with zero attached hydrogens (tertiary/aromatic N) is 2. The minimum absolute atomic E-state index is 0.433. The average Bonchev–Trinajstić information content (AvgIpc) is 2.69. The minimum Gasteiger partial charge on any atom is -0.472 e. The Morgan fingerprint density at radius 2 is 1.54 bits per heavy atom. The molecule has 0 amide bonds. The van der Waals surface area contributed by atoms with Gasteiger partial charge in [-0.2, -0.15) is 4.98 Å². The van der Waals surface area contributed by atoms with Crippen molar-refractivity contribution in [2.45, 2.75) is 6.61 Å². The molecule has 128 valence electrons. The van der Waals surface area contributed by atoms with E-state index in [1.807, 2.05) is 60.7 Å². The normalized spacial score (nSPS) is 10.8. The van der Waals surface area contributed by atoms with E-state index < -0.39 is 0 Å². The molecule has 0 radical (unpaired) electrons. The molecule has 0 aliphatic carbocycles. The second kappa shape index (κ2) is 7.32. The van der Waals surface area contributed by atoms with Crippen LogP contribution in [0.25, 0.3) is 22.3 Å². The lowest BCUT2D eigenvalue weighted by atomic mass is 10.2. The molecule has 0 aliphatic rings. The second-order valence-corrected chi connectivity index (χ2v) is 6.59. The average molecular weight is 381 g/mol. The fourth-order valence-electron chi connectivity index (χ4n) is 2.65. The number of halogens is 2. The van der Waals surface area contributed by atoms with Crippen LogP contribution in [-0.2, 0) is 6.61 Å². The fraction of sp³-hybridized carbons (Fsp3) is 0.0476. The summed E-state index contributed by atoms with van der Waals surface area (Å²) in [6.07, 6.45) is 0. The molecule has 26 heavy (non-hydrogen) atoms. The number of ether oxygens (including phenoxy) is 1. The summed E-state index contributed by atoms with van der Waals surface area (Å²) in [5.74, 6) is 1.09. The Balaban J connectivity index is 1.76. The zero-order chi connectivity index (χ0) is 17.9. The summed E-state index contributed by atoms with van der Waals surface area (Å²) < 4.78 is 6.01. The van der Waals surface area contributed by atoms with Crippen molar-refractivity contribution in [3.05, 3.63) is 88.4 Å². The van der Waals surface area contributed by atoms with Crippen molar-refractivity contribution in [2.75, 3.05) is 0 Å². The molecule has 3 nitrogen and oxygen atoms in total. The molecule has 0 N–H and O–H groups in total. The van der Waals surface area contributed by atoms with Crippen LogP contribution in [0.2, 0.25) is 10.0 Å². The van der Waals surface area contributed by atoms with Crippen molar-refractivity contribution < 1.29 is 4.74 Å². The highest BCUT2D eigenvalue weighted by Crippen LogP contribution is 2.30. The molecule has 0 unspecified atom stereocenters. The van der Waals surface area contributed by atoms with Crippen LogP contribution in [0.4, 0.5) is 0 Å². The summed E-state index contributed by atoms with van der Waals surface area (Å²) in [6, 6.07) is 23.1. The first-order valence-electron chi connectivity index (χ1n) is 8.09. The first kappa shape index (κ1) is 16.8. The Hall–Kier alpha value is -2.62. The lowest BCUT2D eigenvalue weighted by Gasteiger charge is -2.11. The third-order valence-electron chi connectivity index (χ3n) is 3.96.